The van der Waals surface area contributed by atoms with Crippen molar-refractivity contribution in [2.75, 3.05) is 18.0 Å². The molecule has 0 bridgehead atoms. The maximum atomic E-state index is 14.7. The quantitative estimate of drug-likeness (QED) is 0.470. The van der Waals surface area contributed by atoms with Gasteiger partial charge < -0.3 is 14.2 Å². The Balaban J connectivity index is 1.40. The molecule has 0 N–H and O–H groups in total. The zero-order valence-corrected chi connectivity index (χ0v) is 18.3. The van der Waals surface area contributed by atoms with Gasteiger partial charge in [0, 0.05) is 37.0 Å². The van der Waals surface area contributed by atoms with E-state index in [1.807, 2.05) is 22.7 Å². The predicted molar refractivity (Wildman–Crippen MR) is 118 cm³/mol. The molecule has 1 saturated carbocycles. The average molecular weight is 451 g/mol. The van der Waals surface area contributed by atoms with Gasteiger partial charge in [0.05, 0.1) is 31.2 Å². The summed E-state index contributed by atoms with van der Waals surface area (Å²) >= 11 is 0. The van der Waals surface area contributed by atoms with Crippen molar-refractivity contribution in [1.82, 2.24) is 29.3 Å². The minimum absolute atomic E-state index is 0.0675. The lowest BCUT2D eigenvalue weighted by Gasteiger charge is -2.36. The lowest BCUT2D eigenvalue weighted by molar-refractivity contribution is -0.0178. The first-order chi connectivity index (χ1) is 16.0. The van der Waals surface area contributed by atoms with E-state index in [0.717, 1.165) is 24.5 Å². The first-order valence-corrected chi connectivity index (χ1v) is 11.0. The maximum Gasteiger partial charge on any atom is 0.228 e. The van der Waals surface area contributed by atoms with Crippen LogP contribution in [0.5, 0.6) is 0 Å². The summed E-state index contributed by atoms with van der Waals surface area (Å²) in [4.78, 5) is 15.8. The molecular weight excluding hydrogens is 428 g/mol. The van der Waals surface area contributed by atoms with Gasteiger partial charge in [-0.2, -0.15) is 10.1 Å². The number of ether oxygens (including phenoxy) is 1. The molecule has 0 amide bonds. The van der Waals surface area contributed by atoms with Crippen LogP contribution in [0.15, 0.2) is 36.9 Å². The van der Waals surface area contributed by atoms with Crippen LogP contribution in [0.2, 0.25) is 0 Å². The Morgan fingerprint density at radius 1 is 1.12 bits per heavy atom. The number of fused-ring (bicyclic) bond motifs is 1. The first-order valence-electron chi connectivity index (χ1n) is 11.0. The molecule has 10 heteroatoms. The molecule has 6 rings (SSSR count). The fourth-order valence-electron chi connectivity index (χ4n) is 4.41. The van der Waals surface area contributed by atoms with E-state index in [-0.39, 0.29) is 17.8 Å². The second-order valence-corrected chi connectivity index (χ2v) is 8.85. The highest BCUT2D eigenvalue weighted by Gasteiger charge is 2.32. The largest absolute Gasteiger partial charge is 0.367 e. The lowest BCUT2D eigenvalue weighted by Crippen LogP contribution is -2.43. The molecule has 1 aliphatic carbocycles. The summed E-state index contributed by atoms with van der Waals surface area (Å²) in [6.45, 7) is 3.12. The molecule has 0 spiro atoms. The average Bonchev–Trinajstić information content (AvgIpc) is 3.40. The van der Waals surface area contributed by atoms with E-state index in [0.29, 0.717) is 41.9 Å². The SMILES string of the molecule is C[C@H]1CN(c2nc(-c3ccc(F)cc3F)c3c(ncn3C)n2)C[C@@H](c2cnn(C3CC3)c2)O1. The molecule has 0 unspecified atom stereocenters. The fraction of sp³-hybridized carbons (Fsp3) is 0.391. The number of imidazole rings is 1. The summed E-state index contributed by atoms with van der Waals surface area (Å²) in [5, 5.41) is 4.49. The number of nitrogens with zero attached hydrogens (tertiary/aromatic N) is 7. The molecule has 2 atom stereocenters. The summed E-state index contributed by atoms with van der Waals surface area (Å²) in [5.41, 5.74) is 2.65. The van der Waals surface area contributed by atoms with Crippen molar-refractivity contribution in [3.8, 4) is 11.3 Å². The summed E-state index contributed by atoms with van der Waals surface area (Å²) in [6, 6.07) is 4.00. The van der Waals surface area contributed by atoms with E-state index in [2.05, 4.69) is 21.3 Å². The van der Waals surface area contributed by atoms with Gasteiger partial charge in [-0.05, 0) is 31.9 Å². The van der Waals surface area contributed by atoms with Gasteiger partial charge in [0.25, 0.3) is 0 Å². The molecule has 8 nitrogen and oxygen atoms in total. The number of benzene rings is 1. The van der Waals surface area contributed by atoms with Crippen molar-refractivity contribution in [3.05, 3.63) is 54.1 Å². The van der Waals surface area contributed by atoms with E-state index >= 15 is 0 Å². The van der Waals surface area contributed by atoms with Crippen LogP contribution in [0.25, 0.3) is 22.4 Å². The molecule has 0 radical (unpaired) electrons. The van der Waals surface area contributed by atoms with Crippen LogP contribution in [0.4, 0.5) is 14.7 Å². The van der Waals surface area contributed by atoms with Gasteiger partial charge in [-0.1, -0.05) is 0 Å². The van der Waals surface area contributed by atoms with Crippen LogP contribution in [0.3, 0.4) is 0 Å². The van der Waals surface area contributed by atoms with Crippen LogP contribution < -0.4 is 4.90 Å². The molecule has 4 heterocycles. The standard InChI is InChI=1S/C23H23F2N7O/c1-13-9-31(11-19(33-13)14-8-27-32(10-14)16-4-5-16)23-28-20(17-6-3-15(24)7-18(17)25)21-22(29-23)26-12-30(21)2/h3,6-8,10,12-13,16,19H,4-5,9,11H2,1-2H3/t13-,19-/m0/s1. The van der Waals surface area contributed by atoms with Gasteiger partial charge in [-0.15, -0.1) is 0 Å². The lowest BCUT2D eigenvalue weighted by atomic mass is 10.1. The van der Waals surface area contributed by atoms with Crippen LogP contribution >= 0.6 is 0 Å². The molecule has 170 valence electrons. The molecule has 4 aromatic rings. The van der Waals surface area contributed by atoms with Crippen LogP contribution in [0, 0.1) is 11.6 Å². The summed E-state index contributed by atoms with van der Waals surface area (Å²) in [6.07, 6.45) is 7.61. The number of rotatable bonds is 4. The monoisotopic (exact) mass is 451 g/mol. The topological polar surface area (TPSA) is 73.9 Å². The Morgan fingerprint density at radius 3 is 2.76 bits per heavy atom. The first kappa shape index (κ1) is 20.2. The normalized spacial score (nSPS) is 21.2. The second-order valence-electron chi connectivity index (χ2n) is 8.85. The number of aromatic nitrogens is 6. The Kier molecular flexibility index (Phi) is 4.65. The Hall–Kier alpha value is -3.40. The molecule has 3 aromatic heterocycles. The molecular formula is C23H23F2N7O. The molecule has 1 aliphatic heterocycles. The number of hydrogen-bond donors (Lipinski definition) is 0. The minimum Gasteiger partial charge on any atom is -0.367 e. The van der Waals surface area contributed by atoms with Crippen LogP contribution in [0.1, 0.15) is 37.5 Å². The number of anilines is 1. The van der Waals surface area contributed by atoms with E-state index in [1.165, 1.54) is 12.1 Å². The third kappa shape index (κ3) is 3.64. The summed E-state index contributed by atoms with van der Waals surface area (Å²) < 4.78 is 38.2. The highest BCUT2D eigenvalue weighted by Crippen LogP contribution is 2.36. The second kappa shape index (κ2) is 7.58. The van der Waals surface area contributed by atoms with Crippen molar-refractivity contribution in [2.24, 2.45) is 7.05 Å². The molecule has 1 aromatic carbocycles. The van der Waals surface area contributed by atoms with E-state index < -0.39 is 11.6 Å². The van der Waals surface area contributed by atoms with Crippen molar-refractivity contribution in [2.45, 2.75) is 38.0 Å². The zero-order valence-electron chi connectivity index (χ0n) is 18.3. The Bertz CT molecular complexity index is 1350. The van der Waals surface area contributed by atoms with Gasteiger partial charge in [-0.25, -0.2) is 18.7 Å². The van der Waals surface area contributed by atoms with Gasteiger partial charge in [0.2, 0.25) is 5.95 Å². The Morgan fingerprint density at radius 2 is 1.97 bits per heavy atom. The maximum absolute atomic E-state index is 14.7. The number of halogens is 2. The van der Waals surface area contributed by atoms with Crippen molar-refractivity contribution in [1.29, 1.82) is 0 Å². The van der Waals surface area contributed by atoms with Crippen LogP contribution in [-0.2, 0) is 11.8 Å². The van der Waals surface area contributed by atoms with Crippen molar-refractivity contribution < 1.29 is 13.5 Å². The molecule has 1 saturated heterocycles. The molecule has 33 heavy (non-hydrogen) atoms. The van der Waals surface area contributed by atoms with E-state index in [1.54, 1.807) is 17.9 Å². The molecule has 2 fully saturated rings. The highest BCUT2D eigenvalue weighted by atomic mass is 19.1. The summed E-state index contributed by atoms with van der Waals surface area (Å²) in [7, 11) is 1.80. The van der Waals surface area contributed by atoms with E-state index in [4.69, 9.17) is 9.72 Å². The van der Waals surface area contributed by atoms with Crippen molar-refractivity contribution in [3.63, 3.8) is 0 Å². The van der Waals surface area contributed by atoms with Gasteiger partial charge in [0.1, 0.15) is 28.9 Å². The number of aryl methyl sites for hydroxylation is 1. The number of morpholine rings is 1. The zero-order chi connectivity index (χ0) is 22.7. The number of hydrogen-bond acceptors (Lipinski definition) is 6. The van der Waals surface area contributed by atoms with Gasteiger partial charge in [0.15, 0.2) is 5.65 Å². The van der Waals surface area contributed by atoms with E-state index in [9.17, 15) is 8.78 Å². The minimum atomic E-state index is -0.678. The predicted octanol–water partition coefficient (Wildman–Crippen LogP) is 3.81. The highest BCUT2D eigenvalue weighted by molar-refractivity contribution is 5.88. The van der Waals surface area contributed by atoms with Gasteiger partial charge >= 0.3 is 0 Å². The van der Waals surface area contributed by atoms with Gasteiger partial charge in [-0.3, -0.25) is 4.68 Å². The smallest absolute Gasteiger partial charge is 0.228 e. The third-order valence-corrected chi connectivity index (χ3v) is 6.20. The van der Waals surface area contributed by atoms with Crippen LogP contribution in [-0.4, -0.2) is 48.5 Å². The third-order valence-electron chi connectivity index (χ3n) is 6.20. The molecule has 2 aliphatic rings. The van der Waals surface area contributed by atoms with Crippen molar-refractivity contribution >= 4 is 17.1 Å². The Labute approximate surface area is 188 Å². The fourth-order valence-corrected chi connectivity index (χ4v) is 4.41. The summed E-state index contributed by atoms with van der Waals surface area (Å²) in [5.74, 6) is -0.874.